The lowest BCUT2D eigenvalue weighted by molar-refractivity contribution is 0.0753. The van der Waals surface area contributed by atoms with Crippen molar-refractivity contribution in [3.63, 3.8) is 0 Å². The van der Waals surface area contributed by atoms with Crippen LogP contribution in [-0.2, 0) is 13.0 Å². The van der Waals surface area contributed by atoms with Crippen LogP contribution in [0.2, 0.25) is 0 Å². The Labute approximate surface area is 154 Å². The summed E-state index contributed by atoms with van der Waals surface area (Å²) in [5.74, 6) is 1.38. The molecule has 2 aromatic rings. The number of aromatic nitrogens is 4. The summed E-state index contributed by atoms with van der Waals surface area (Å²) in [7, 11) is 1.84. The molecular formula is C19H28N6O. The Bertz CT molecular complexity index is 739. The van der Waals surface area contributed by atoms with Crippen LogP contribution in [0.15, 0.2) is 18.5 Å². The maximum atomic E-state index is 12.8. The first-order valence-corrected chi connectivity index (χ1v) is 9.43. The zero-order chi connectivity index (χ0) is 18.5. The SMILES string of the molecule is CCn1nc(C(=O)N2CCC[C@@H](Cc3cnc(NC)cn3)CC2)cc1C. The molecule has 1 amide bonds. The van der Waals surface area contributed by atoms with Gasteiger partial charge in [0, 0.05) is 32.4 Å². The lowest BCUT2D eigenvalue weighted by atomic mass is 9.95. The van der Waals surface area contributed by atoms with Gasteiger partial charge in [-0.15, -0.1) is 0 Å². The van der Waals surface area contributed by atoms with E-state index in [4.69, 9.17) is 0 Å². The van der Waals surface area contributed by atoms with Gasteiger partial charge in [-0.25, -0.2) is 4.98 Å². The summed E-state index contributed by atoms with van der Waals surface area (Å²) < 4.78 is 1.88. The molecule has 0 radical (unpaired) electrons. The summed E-state index contributed by atoms with van der Waals surface area (Å²) in [6, 6.07) is 1.90. The molecule has 7 nitrogen and oxygen atoms in total. The van der Waals surface area contributed by atoms with Gasteiger partial charge in [-0.3, -0.25) is 14.5 Å². The summed E-state index contributed by atoms with van der Waals surface area (Å²) in [4.78, 5) is 23.6. The zero-order valence-electron chi connectivity index (χ0n) is 15.9. The van der Waals surface area contributed by atoms with E-state index in [1.807, 2.05) is 42.7 Å². The van der Waals surface area contributed by atoms with E-state index in [0.29, 0.717) is 11.6 Å². The molecule has 3 heterocycles. The fraction of sp³-hybridized carbons (Fsp3) is 0.579. The second-order valence-corrected chi connectivity index (χ2v) is 6.92. The fourth-order valence-electron chi connectivity index (χ4n) is 3.55. The molecule has 0 aromatic carbocycles. The number of carbonyl (C=O) groups is 1. The van der Waals surface area contributed by atoms with Gasteiger partial charge in [0.1, 0.15) is 5.82 Å². The number of nitrogens with zero attached hydrogens (tertiary/aromatic N) is 5. The van der Waals surface area contributed by atoms with Crippen molar-refractivity contribution in [2.75, 3.05) is 25.5 Å². The molecule has 1 saturated heterocycles. The summed E-state index contributed by atoms with van der Waals surface area (Å²) in [5, 5.41) is 7.42. The molecule has 0 unspecified atom stereocenters. The van der Waals surface area contributed by atoms with Gasteiger partial charge in [-0.2, -0.15) is 5.10 Å². The van der Waals surface area contributed by atoms with E-state index in [-0.39, 0.29) is 5.91 Å². The van der Waals surface area contributed by atoms with Gasteiger partial charge in [-0.1, -0.05) is 0 Å². The van der Waals surface area contributed by atoms with E-state index < -0.39 is 0 Å². The first kappa shape index (κ1) is 18.4. The standard InChI is InChI=1S/C19H28N6O/c1-4-25-14(2)10-17(23-25)19(26)24-8-5-6-15(7-9-24)11-16-12-22-18(20-3)13-21-16/h10,12-13,15H,4-9,11H2,1-3H3,(H,20,22)/t15-/m1/s1. The Morgan fingerprint density at radius 2 is 2.12 bits per heavy atom. The molecule has 0 saturated carbocycles. The van der Waals surface area contributed by atoms with E-state index in [9.17, 15) is 4.79 Å². The van der Waals surface area contributed by atoms with Crippen LogP contribution in [-0.4, -0.2) is 50.7 Å². The van der Waals surface area contributed by atoms with Crippen molar-refractivity contribution in [2.24, 2.45) is 5.92 Å². The maximum Gasteiger partial charge on any atom is 0.274 e. The van der Waals surface area contributed by atoms with Crippen LogP contribution in [0.3, 0.4) is 0 Å². The fourth-order valence-corrected chi connectivity index (χ4v) is 3.55. The van der Waals surface area contributed by atoms with Crippen LogP contribution in [0.5, 0.6) is 0 Å². The molecule has 1 aliphatic rings. The van der Waals surface area contributed by atoms with Crippen molar-refractivity contribution in [1.82, 2.24) is 24.6 Å². The topological polar surface area (TPSA) is 75.9 Å². The summed E-state index contributed by atoms with van der Waals surface area (Å²) in [6.45, 7) is 6.40. The Morgan fingerprint density at radius 1 is 1.27 bits per heavy atom. The van der Waals surface area contributed by atoms with Crippen molar-refractivity contribution in [3.05, 3.63) is 35.5 Å². The molecule has 1 aliphatic heterocycles. The molecule has 1 atom stereocenters. The van der Waals surface area contributed by atoms with Gasteiger partial charge in [0.2, 0.25) is 0 Å². The third kappa shape index (κ3) is 4.20. The zero-order valence-corrected chi connectivity index (χ0v) is 15.9. The molecule has 7 heteroatoms. The van der Waals surface area contributed by atoms with Crippen LogP contribution in [0.1, 0.15) is 48.1 Å². The highest BCUT2D eigenvalue weighted by atomic mass is 16.2. The van der Waals surface area contributed by atoms with Crippen molar-refractivity contribution in [1.29, 1.82) is 0 Å². The molecule has 140 valence electrons. The van der Waals surface area contributed by atoms with Gasteiger partial charge in [0.25, 0.3) is 5.91 Å². The Morgan fingerprint density at radius 3 is 2.77 bits per heavy atom. The monoisotopic (exact) mass is 356 g/mol. The highest BCUT2D eigenvalue weighted by Gasteiger charge is 2.24. The van der Waals surface area contributed by atoms with Crippen LogP contribution in [0, 0.1) is 12.8 Å². The number of nitrogens with one attached hydrogen (secondary N) is 1. The average molecular weight is 356 g/mol. The van der Waals surface area contributed by atoms with Crippen molar-refractivity contribution in [3.8, 4) is 0 Å². The number of likely N-dealkylation sites (tertiary alicyclic amines) is 1. The quantitative estimate of drug-likeness (QED) is 0.891. The third-order valence-electron chi connectivity index (χ3n) is 5.09. The average Bonchev–Trinajstić information content (AvgIpc) is 2.89. The van der Waals surface area contributed by atoms with Crippen molar-refractivity contribution >= 4 is 11.7 Å². The minimum atomic E-state index is 0.0547. The Kier molecular flexibility index (Phi) is 5.85. The largest absolute Gasteiger partial charge is 0.372 e. The Balaban J connectivity index is 1.59. The molecule has 2 aromatic heterocycles. The van der Waals surface area contributed by atoms with E-state index in [1.54, 1.807) is 6.20 Å². The second-order valence-electron chi connectivity index (χ2n) is 6.92. The number of aryl methyl sites for hydroxylation is 2. The first-order chi connectivity index (χ1) is 12.6. The summed E-state index contributed by atoms with van der Waals surface area (Å²) in [5.41, 5.74) is 2.62. The lowest BCUT2D eigenvalue weighted by Gasteiger charge is -2.19. The second kappa shape index (κ2) is 8.29. The van der Waals surface area contributed by atoms with Gasteiger partial charge in [0.15, 0.2) is 5.69 Å². The molecule has 0 aliphatic carbocycles. The highest BCUT2D eigenvalue weighted by molar-refractivity contribution is 5.92. The number of rotatable bonds is 5. The minimum Gasteiger partial charge on any atom is -0.372 e. The Hall–Kier alpha value is -2.44. The van der Waals surface area contributed by atoms with Crippen LogP contribution in [0.4, 0.5) is 5.82 Å². The molecule has 0 spiro atoms. The molecule has 0 bridgehead atoms. The van der Waals surface area contributed by atoms with Crippen molar-refractivity contribution in [2.45, 2.75) is 46.1 Å². The molecule has 1 fully saturated rings. The van der Waals surface area contributed by atoms with E-state index in [1.165, 1.54) is 0 Å². The predicted molar refractivity (Wildman–Crippen MR) is 101 cm³/mol. The van der Waals surface area contributed by atoms with Crippen LogP contribution < -0.4 is 5.32 Å². The van der Waals surface area contributed by atoms with Crippen molar-refractivity contribution < 1.29 is 4.79 Å². The molecule has 26 heavy (non-hydrogen) atoms. The predicted octanol–water partition coefficient (Wildman–Crippen LogP) is 2.53. The van der Waals surface area contributed by atoms with E-state index in [2.05, 4.69) is 20.4 Å². The minimum absolute atomic E-state index is 0.0547. The van der Waals surface area contributed by atoms with Crippen LogP contribution >= 0.6 is 0 Å². The number of hydrogen-bond acceptors (Lipinski definition) is 5. The molecular weight excluding hydrogens is 328 g/mol. The summed E-state index contributed by atoms with van der Waals surface area (Å²) in [6.07, 6.45) is 7.67. The highest BCUT2D eigenvalue weighted by Crippen LogP contribution is 2.22. The first-order valence-electron chi connectivity index (χ1n) is 9.43. The number of anilines is 1. The normalized spacial score (nSPS) is 17.8. The van der Waals surface area contributed by atoms with Gasteiger partial charge in [0.05, 0.1) is 18.1 Å². The lowest BCUT2D eigenvalue weighted by Crippen LogP contribution is -2.32. The summed E-state index contributed by atoms with van der Waals surface area (Å²) >= 11 is 0. The van der Waals surface area contributed by atoms with E-state index >= 15 is 0 Å². The molecule has 3 rings (SSSR count). The van der Waals surface area contributed by atoms with Crippen LogP contribution in [0.25, 0.3) is 0 Å². The number of amides is 1. The van der Waals surface area contributed by atoms with Gasteiger partial charge >= 0.3 is 0 Å². The number of carbonyl (C=O) groups excluding carboxylic acids is 1. The third-order valence-corrected chi connectivity index (χ3v) is 5.09. The molecule has 1 N–H and O–H groups in total. The van der Waals surface area contributed by atoms with E-state index in [0.717, 1.165) is 62.5 Å². The number of hydrogen-bond donors (Lipinski definition) is 1. The maximum absolute atomic E-state index is 12.8. The van der Waals surface area contributed by atoms with Gasteiger partial charge < -0.3 is 10.2 Å². The van der Waals surface area contributed by atoms with Gasteiger partial charge in [-0.05, 0) is 51.5 Å². The smallest absolute Gasteiger partial charge is 0.274 e.